The van der Waals surface area contributed by atoms with Crippen LogP contribution in [-0.2, 0) is 21.4 Å². The third kappa shape index (κ3) is 5.69. The van der Waals surface area contributed by atoms with E-state index < -0.39 is 15.8 Å². The van der Waals surface area contributed by atoms with Crippen LogP contribution in [0.1, 0.15) is 19.4 Å². The van der Waals surface area contributed by atoms with Crippen LogP contribution in [0.4, 0.5) is 10.1 Å². The zero-order valence-corrected chi connectivity index (χ0v) is 17.1. The van der Waals surface area contributed by atoms with Gasteiger partial charge in [-0.25, -0.2) is 12.8 Å². The Balaban J connectivity index is 2.14. The van der Waals surface area contributed by atoms with Gasteiger partial charge in [0.25, 0.3) is 5.91 Å². The van der Waals surface area contributed by atoms with Crippen LogP contribution in [0, 0.1) is 5.82 Å². The van der Waals surface area contributed by atoms with Gasteiger partial charge in [0, 0.05) is 18.7 Å². The maximum atomic E-state index is 13.9. The Morgan fingerprint density at radius 2 is 1.64 bits per heavy atom. The number of rotatable bonds is 9. The van der Waals surface area contributed by atoms with Gasteiger partial charge < -0.3 is 9.64 Å². The Morgan fingerprint density at radius 3 is 2.18 bits per heavy atom. The lowest BCUT2D eigenvalue weighted by molar-refractivity contribution is -0.132. The van der Waals surface area contributed by atoms with Crippen molar-refractivity contribution in [1.29, 1.82) is 0 Å². The lowest BCUT2D eigenvalue weighted by Gasteiger charge is -2.23. The van der Waals surface area contributed by atoms with Crippen molar-refractivity contribution in [1.82, 2.24) is 4.90 Å². The van der Waals surface area contributed by atoms with Crippen LogP contribution in [0.15, 0.2) is 48.5 Å². The number of likely N-dealkylation sites (N-methyl/N-ethyl adjacent to an activating group) is 1. The van der Waals surface area contributed by atoms with Crippen LogP contribution < -0.4 is 9.04 Å². The quantitative estimate of drug-likeness (QED) is 0.640. The summed E-state index contributed by atoms with van der Waals surface area (Å²) in [7, 11) is -3.62. The highest BCUT2D eigenvalue weighted by atomic mass is 32.2. The van der Waals surface area contributed by atoms with E-state index in [1.165, 1.54) is 6.07 Å². The van der Waals surface area contributed by atoms with Crippen molar-refractivity contribution in [3.8, 4) is 5.75 Å². The van der Waals surface area contributed by atoms with E-state index in [-0.39, 0.29) is 24.6 Å². The second-order valence-corrected chi connectivity index (χ2v) is 8.12. The summed E-state index contributed by atoms with van der Waals surface area (Å²) in [6.45, 7) is 4.79. The molecule has 0 heterocycles. The molecule has 0 fully saturated rings. The summed E-state index contributed by atoms with van der Waals surface area (Å²) >= 11 is 0. The highest BCUT2D eigenvalue weighted by Crippen LogP contribution is 2.24. The second-order valence-electron chi connectivity index (χ2n) is 6.21. The predicted octanol–water partition coefficient (Wildman–Crippen LogP) is 3.04. The maximum Gasteiger partial charge on any atom is 0.260 e. The van der Waals surface area contributed by atoms with Crippen LogP contribution >= 0.6 is 0 Å². The number of ether oxygens (including phenoxy) is 1. The number of sulfonamides is 1. The van der Waals surface area contributed by atoms with Gasteiger partial charge in [0.15, 0.2) is 6.61 Å². The van der Waals surface area contributed by atoms with Gasteiger partial charge in [-0.15, -0.1) is 0 Å². The normalized spacial score (nSPS) is 11.1. The second kappa shape index (κ2) is 9.54. The fraction of sp³-hybridized carbons (Fsp3) is 0.350. The number of benzene rings is 2. The van der Waals surface area contributed by atoms with Crippen molar-refractivity contribution in [2.75, 3.05) is 30.3 Å². The van der Waals surface area contributed by atoms with Gasteiger partial charge in [-0.2, -0.15) is 0 Å². The zero-order valence-electron chi connectivity index (χ0n) is 16.3. The first kappa shape index (κ1) is 21.7. The first-order valence-corrected chi connectivity index (χ1v) is 10.8. The first-order valence-electron chi connectivity index (χ1n) is 8.98. The number of carbonyl (C=O) groups is 1. The Kier molecular flexibility index (Phi) is 7.39. The molecule has 0 aliphatic rings. The molecule has 0 aliphatic carbocycles. The minimum atomic E-state index is -3.62. The molecule has 1 amide bonds. The number of amides is 1. The van der Waals surface area contributed by atoms with E-state index in [9.17, 15) is 17.6 Å². The average molecular weight is 408 g/mol. The van der Waals surface area contributed by atoms with Gasteiger partial charge in [0.05, 0.1) is 18.5 Å². The predicted molar refractivity (Wildman–Crippen MR) is 107 cm³/mol. The summed E-state index contributed by atoms with van der Waals surface area (Å²) in [6, 6.07) is 12.4. The first-order chi connectivity index (χ1) is 13.3. The maximum absolute atomic E-state index is 13.9. The molecule has 152 valence electrons. The molecule has 6 nitrogen and oxygen atoms in total. The van der Waals surface area contributed by atoms with Gasteiger partial charge in [-0.1, -0.05) is 18.2 Å². The summed E-state index contributed by atoms with van der Waals surface area (Å²) in [5.41, 5.74) is 0.659. The van der Waals surface area contributed by atoms with Gasteiger partial charge in [0.2, 0.25) is 10.0 Å². The van der Waals surface area contributed by atoms with Crippen molar-refractivity contribution in [3.05, 3.63) is 59.9 Å². The van der Waals surface area contributed by atoms with Crippen LogP contribution in [0.3, 0.4) is 0 Å². The number of carbonyl (C=O) groups excluding carboxylic acids is 1. The lowest BCUT2D eigenvalue weighted by atomic mass is 10.2. The van der Waals surface area contributed by atoms with E-state index in [0.717, 1.165) is 10.6 Å². The molecule has 0 spiro atoms. The SMILES string of the molecule is CCN(CC)C(=O)COc1ccc(N(Cc2ccccc2F)S(C)(=O)=O)cc1. The molecule has 0 aromatic heterocycles. The Hall–Kier alpha value is -2.61. The summed E-state index contributed by atoms with van der Waals surface area (Å²) in [6.07, 6.45) is 1.07. The van der Waals surface area contributed by atoms with E-state index >= 15 is 0 Å². The van der Waals surface area contributed by atoms with E-state index in [1.807, 2.05) is 13.8 Å². The van der Waals surface area contributed by atoms with Crippen molar-refractivity contribution in [2.24, 2.45) is 0 Å². The Morgan fingerprint density at radius 1 is 1.04 bits per heavy atom. The molecule has 0 unspecified atom stereocenters. The fourth-order valence-electron chi connectivity index (χ4n) is 2.70. The molecule has 8 heteroatoms. The average Bonchev–Trinajstić information content (AvgIpc) is 2.66. The molecule has 0 atom stereocenters. The van der Waals surface area contributed by atoms with Gasteiger partial charge in [-0.05, 0) is 44.2 Å². The van der Waals surface area contributed by atoms with Gasteiger partial charge in [-0.3, -0.25) is 9.10 Å². The minimum absolute atomic E-state index is 0.0912. The zero-order chi connectivity index (χ0) is 20.7. The third-order valence-corrected chi connectivity index (χ3v) is 5.42. The summed E-state index contributed by atoms with van der Waals surface area (Å²) in [4.78, 5) is 13.7. The molecule has 28 heavy (non-hydrogen) atoms. The van der Waals surface area contributed by atoms with Crippen LogP contribution in [0.5, 0.6) is 5.75 Å². The Bertz CT molecular complexity index is 897. The fourth-order valence-corrected chi connectivity index (χ4v) is 3.58. The topological polar surface area (TPSA) is 66.9 Å². The molecular formula is C20H25FN2O4S. The summed E-state index contributed by atoms with van der Waals surface area (Å²) < 4.78 is 45.0. The number of halogens is 1. The highest BCUT2D eigenvalue weighted by molar-refractivity contribution is 7.92. The van der Waals surface area contributed by atoms with Crippen molar-refractivity contribution < 1.29 is 22.3 Å². The number of nitrogens with zero attached hydrogens (tertiary/aromatic N) is 2. The van der Waals surface area contributed by atoms with Gasteiger partial charge in [0.1, 0.15) is 11.6 Å². The smallest absolute Gasteiger partial charge is 0.260 e. The molecule has 0 saturated carbocycles. The summed E-state index contributed by atoms with van der Waals surface area (Å²) in [5, 5.41) is 0. The Labute approximate surface area is 165 Å². The van der Waals surface area contributed by atoms with Crippen LogP contribution in [0.25, 0.3) is 0 Å². The molecule has 2 aromatic rings. The van der Waals surface area contributed by atoms with E-state index in [1.54, 1.807) is 47.4 Å². The van der Waals surface area contributed by atoms with Crippen LogP contribution in [-0.4, -0.2) is 45.2 Å². The highest BCUT2D eigenvalue weighted by Gasteiger charge is 2.19. The molecule has 2 rings (SSSR count). The molecule has 0 radical (unpaired) electrons. The van der Waals surface area contributed by atoms with Gasteiger partial charge >= 0.3 is 0 Å². The molecule has 0 N–H and O–H groups in total. The van der Waals surface area contributed by atoms with E-state index in [2.05, 4.69) is 0 Å². The summed E-state index contributed by atoms with van der Waals surface area (Å²) in [5.74, 6) is -0.138. The molecule has 0 bridgehead atoms. The third-order valence-electron chi connectivity index (χ3n) is 4.28. The molecule has 0 saturated heterocycles. The van der Waals surface area contributed by atoms with E-state index in [4.69, 9.17) is 4.74 Å². The molecule has 0 aliphatic heterocycles. The number of anilines is 1. The van der Waals surface area contributed by atoms with E-state index in [0.29, 0.717) is 24.5 Å². The minimum Gasteiger partial charge on any atom is -0.484 e. The molecule has 2 aromatic carbocycles. The van der Waals surface area contributed by atoms with Crippen molar-refractivity contribution >= 4 is 21.6 Å². The standard InChI is InChI=1S/C20H25FN2O4S/c1-4-22(5-2)20(24)15-27-18-12-10-17(11-13-18)23(28(3,25)26)14-16-8-6-7-9-19(16)21/h6-13H,4-5,14-15H2,1-3H3. The van der Waals surface area contributed by atoms with Crippen molar-refractivity contribution in [2.45, 2.75) is 20.4 Å². The van der Waals surface area contributed by atoms with Crippen LogP contribution in [0.2, 0.25) is 0 Å². The monoisotopic (exact) mass is 408 g/mol. The lowest BCUT2D eigenvalue weighted by Crippen LogP contribution is -2.34. The molecular weight excluding hydrogens is 383 g/mol. The van der Waals surface area contributed by atoms with Crippen molar-refractivity contribution in [3.63, 3.8) is 0 Å². The largest absolute Gasteiger partial charge is 0.484 e. The number of hydrogen-bond donors (Lipinski definition) is 0. The number of hydrogen-bond acceptors (Lipinski definition) is 4.